The van der Waals surface area contributed by atoms with E-state index in [1.54, 1.807) is 0 Å². The van der Waals surface area contributed by atoms with E-state index >= 15 is 0 Å². The molecule has 1 aromatic heterocycles. The van der Waals surface area contributed by atoms with Crippen LogP contribution in [0, 0.1) is 0 Å². The van der Waals surface area contributed by atoms with Crippen LogP contribution in [0.2, 0.25) is 0 Å². The second kappa shape index (κ2) is 16.8. The van der Waals surface area contributed by atoms with Gasteiger partial charge >= 0.3 is 0 Å². The van der Waals surface area contributed by atoms with Crippen molar-refractivity contribution in [2.24, 2.45) is 0 Å². The topological polar surface area (TPSA) is 8.17 Å². The van der Waals surface area contributed by atoms with Crippen LogP contribution in [0.4, 0.5) is 17.1 Å². The summed E-state index contributed by atoms with van der Waals surface area (Å²) in [5, 5.41) is 4.96. The van der Waals surface area contributed by atoms with Gasteiger partial charge in [-0.25, -0.2) is 0 Å². The van der Waals surface area contributed by atoms with Gasteiger partial charge in [0.05, 0.1) is 11.0 Å². The van der Waals surface area contributed by atoms with Crippen LogP contribution in [-0.4, -0.2) is 4.57 Å². The highest BCUT2D eigenvalue weighted by Crippen LogP contribution is 2.45. The van der Waals surface area contributed by atoms with Crippen molar-refractivity contribution in [1.29, 1.82) is 0 Å². The van der Waals surface area contributed by atoms with Gasteiger partial charge in [0.1, 0.15) is 0 Å². The Hall–Kier alpha value is -8.72. The molecule has 66 heavy (non-hydrogen) atoms. The van der Waals surface area contributed by atoms with Crippen LogP contribution < -0.4 is 4.90 Å². The summed E-state index contributed by atoms with van der Waals surface area (Å²) in [6.45, 7) is 0. The zero-order valence-electron chi connectivity index (χ0n) is 36.3. The zero-order valence-corrected chi connectivity index (χ0v) is 36.3. The third-order valence-corrected chi connectivity index (χ3v) is 13.0. The van der Waals surface area contributed by atoms with E-state index in [2.05, 4.69) is 276 Å². The molecule has 0 aliphatic carbocycles. The number of aromatic nitrogens is 1. The summed E-state index contributed by atoms with van der Waals surface area (Å²) in [6, 6.07) is 97.0. The van der Waals surface area contributed by atoms with Crippen LogP contribution in [0.1, 0.15) is 0 Å². The number of rotatable bonds is 9. The van der Waals surface area contributed by atoms with Crippen molar-refractivity contribution in [2.45, 2.75) is 0 Å². The Morgan fingerprint density at radius 3 is 1.42 bits per heavy atom. The van der Waals surface area contributed by atoms with Gasteiger partial charge in [-0.3, -0.25) is 0 Å². The van der Waals surface area contributed by atoms with Crippen molar-refractivity contribution in [3.63, 3.8) is 0 Å². The Morgan fingerprint density at radius 1 is 0.258 bits per heavy atom. The number of hydrogen-bond donors (Lipinski definition) is 0. The summed E-state index contributed by atoms with van der Waals surface area (Å²) in [6.07, 6.45) is 0. The molecule has 0 N–H and O–H groups in total. The average Bonchev–Trinajstić information content (AvgIpc) is 3.74. The lowest BCUT2D eigenvalue weighted by atomic mass is 9.84. The normalized spacial score (nSPS) is 11.3. The van der Waals surface area contributed by atoms with E-state index in [4.69, 9.17) is 0 Å². The Bertz CT molecular complexity index is 3640. The molecule has 0 aliphatic rings. The van der Waals surface area contributed by atoms with E-state index in [0.29, 0.717) is 0 Å². The van der Waals surface area contributed by atoms with Crippen LogP contribution in [0.3, 0.4) is 0 Å². The fourth-order valence-corrected chi connectivity index (χ4v) is 9.91. The highest BCUT2D eigenvalue weighted by molar-refractivity contribution is 6.09. The molecule has 0 amide bonds. The third-order valence-electron chi connectivity index (χ3n) is 13.0. The number of anilines is 3. The first kappa shape index (κ1) is 38.9. The van der Waals surface area contributed by atoms with Crippen molar-refractivity contribution in [1.82, 2.24) is 4.57 Å². The Labute approximate surface area is 385 Å². The number of fused-ring (bicyclic) bond motifs is 4. The maximum Gasteiger partial charge on any atom is 0.0541 e. The second-order valence-electron chi connectivity index (χ2n) is 16.9. The second-order valence-corrected chi connectivity index (χ2v) is 16.9. The molecule has 0 atom stereocenters. The third kappa shape index (κ3) is 7.02. The zero-order chi connectivity index (χ0) is 43.8. The van der Waals surface area contributed by atoms with Crippen molar-refractivity contribution < 1.29 is 0 Å². The minimum absolute atomic E-state index is 1.07. The maximum absolute atomic E-state index is 2.40. The molecule has 0 aliphatic heterocycles. The van der Waals surface area contributed by atoms with Crippen molar-refractivity contribution in [3.05, 3.63) is 267 Å². The summed E-state index contributed by atoms with van der Waals surface area (Å²) < 4.78 is 2.40. The number of benzene rings is 11. The highest BCUT2D eigenvalue weighted by Gasteiger charge is 2.20. The van der Waals surface area contributed by atoms with Gasteiger partial charge in [0.25, 0.3) is 0 Å². The fourth-order valence-electron chi connectivity index (χ4n) is 9.91. The van der Waals surface area contributed by atoms with E-state index in [1.165, 1.54) is 77.1 Å². The van der Waals surface area contributed by atoms with Crippen LogP contribution in [0.15, 0.2) is 267 Å². The van der Waals surface area contributed by atoms with E-state index in [9.17, 15) is 0 Å². The van der Waals surface area contributed by atoms with Gasteiger partial charge in [0.2, 0.25) is 0 Å². The molecule has 1 heterocycles. The first-order chi connectivity index (χ1) is 32.7. The molecule has 11 aromatic carbocycles. The first-order valence-corrected chi connectivity index (χ1v) is 22.7. The van der Waals surface area contributed by atoms with Gasteiger partial charge in [0, 0.05) is 33.5 Å². The van der Waals surface area contributed by atoms with E-state index in [-0.39, 0.29) is 0 Å². The van der Waals surface area contributed by atoms with Gasteiger partial charge < -0.3 is 9.47 Å². The minimum Gasteiger partial charge on any atom is -0.310 e. The smallest absolute Gasteiger partial charge is 0.0541 e. The lowest BCUT2D eigenvalue weighted by Gasteiger charge is -2.27. The summed E-state index contributed by atoms with van der Waals surface area (Å²) in [7, 11) is 0. The lowest BCUT2D eigenvalue weighted by Crippen LogP contribution is -2.10. The van der Waals surface area contributed by atoms with Crippen LogP contribution in [-0.2, 0) is 0 Å². The van der Waals surface area contributed by atoms with Crippen LogP contribution in [0.25, 0.3) is 93.9 Å². The molecule has 0 saturated carbocycles. The monoisotopic (exact) mass is 840 g/mol. The Morgan fingerprint density at radius 2 is 0.727 bits per heavy atom. The van der Waals surface area contributed by atoms with Gasteiger partial charge in [-0.2, -0.15) is 0 Å². The number of hydrogen-bond acceptors (Lipinski definition) is 1. The van der Waals surface area contributed by atoms with Gasteiger partial charge in [-0.05, 0) is 127 Å². The number of nitrogens with zero attached hydrogens (tertiary/aromatic N) is 2. The van der Waals surface area contributed by atoms with Gasteiger partial charge in [0.15, 0.2) is 0 Å². The van der Waals surface area contributed by atoms with Gasteiger partial charge in [-0.15, -0.1) is 0 Å². The van der Waals surface area contributed by atoms with E-state index in [0.717, 1.165) is 33.9 Å². The standard InChI is InChI=1S/C64H44N2/c1-3-19-46(20-4-1)56-28-9-10-31-61(56)64-57(47-21-5-2-6-22-47)32-17-33-58(64)48-38-40-52(41-39-48)65(53-25-15-24-50(43-53)51-37-36-45-18-7-8-23-49(45)42-51)54-26-16-27-55(44-54)66-62-34-13-11-29-59(62)60-30-12-14-35-63(60)66/h1-44H. The molecular weight excluding hydrogens is 797 g/mol. The molecule has 12 aromatic rings. The Kier molecular flexibility index (Phi) is 9.89. The molecule has 2 heteroatoms. The summed E-state index contributed by atoms with van der Waals surface area (Å²) in [5.74, 6) is 0. The SMILES string of the molecule is c1ccc(-c2ccccc2-c2c(-c3ccccc3)cccc2-c2ccc(N(c3cccc(-c4ccc5ccccc5c4)c3)c3cccc(-n4c5ccccc5c5ccccc54)c3)cc2)cc1. The predicted molar refractivity (Wildman–Crippen MR) is 280 cm³/mol. The largest absolute Gasteiger partial charge is 0.310 e. The average molecular weight is 841 g/mol. The number of para-hydroxylation sites is 2. The molecule has 0 saturated heterocycles. The molecule has 0 radical (unpaired) electrons. The molecule has 0 spiro atoms. The Balaban J connectivity index is 1.03. The molecule has 0 fully saturated rings. The summed E-state index contributed by atoms with van der Waals surface area (Å²) in [5.41, 5.74) is 18.6. The van der Waals surface area contributed by atoms with Crippen molar-refractivity contribution in [3.8, 4) is 61.3 Å². The van der Waals surface area contributed by atoms with E-state index < -0.39 is 0 Å². The predicted octanol–water partition coefficient (Wildman–Crippen LogP) is 17.7. The summed E-state index contributed by atoms with van der Waals surface area (Å²) in [4.78, 5) is 2.40. The fraction of sp³-hybridized carbons (Fsp3) is 0. The molecule has 12 rings (SSSR count). The van der Waals surface area contributed by atoms with Crippen molar-refractivity contribution in [2.75, 3.05) is 4.90 Å². The van der Waals surface area contributed by atoms with Crippen LogP contribution >= 0.6 is 0 Å². The molecular formula is C64H44N2. The molecule has 310 valence electrons. The first-order valence-electron chi connectivity index (χ1n) is 22.7. The van der Waals surface area contributed by atoms with E-state index in [1.807, 2.05) is 0 Å². The van der Waals surface area contributed by atoms with Crippen LogP contribution in [0.5, 0.6) is 0 Å². The summed E-state index contributed by atoms with van der Waals surface area (Å²) >= 11 is 0. The maximum atomic E-state index is 2.40. The molecule has 0 bridgehead atoms. The molecule has 2 nitrogen and oxygen atoms in total. The quantitative estimate of drug-likeness (QED) is 0.141. The molecule has 0 unspecified atom stereocenters. The van der Waals surface area contributed by atoms with Gasteiger partial charge in [-0.1, -0.05) is 206 Å². The van der Waals surface area contributed by atoms with Crippen molar-refractivity contribution >= 4 is 49.6 Å². The lowest BCUT2D eigenvalue weighted by molar-refractivity contribution is 1.17. The highest BCUT2D eigenvalue weighted by atomic mass is 15.1. The minimum atomic E-state index is 1.07.